The minimum Gasteiger partial charge on any atom is -0.494 e. The second-order valence-electron chi connectivity index (χ2n) is 5.09. The summed E-state index contributed by atoms with van der Waals surface area (Å²) in [6, 6.07) is 8.07. The van der Waals surface area contributed by atoms with E-state index >= 15 is 0 Å². The third-order valence-corrected chi connectivity index (χ3v) is 3.69. The molecule has 0 saturated heterocycles. The maximum Gasteiger partial charge on any atom is 0.119 e. The van der Waals surface area contributed by atoms with Crippen molar-refractivity contribution < 1.29 is 9.94 Å². The molecule has 20 heavy (non-hydrogen) atoms. The van der Waals surface area contributed by atoms with Crippen molar-refractivity contribution in [2.24, 2.45) is 5.16 Å². The fourth-order valence-corrected chi connectivity index (χ4v) is 2.74. The van der Waals surface area contributed by atoms with Crippen LogP contribution in [0.1, 0.15) is 51.5 Å². The van der Waals surface area contributed by atoms with Crippen molar-refractivity contribution in [3.05, 3.63) is 35.4 Å². The number of ether oxygens (including phenoxy) is 1. The Morgan fingerprint density at radius 2 is 2.10 bits per heavy atom. The smallest absolute Gasteiger partial charge is 0.119 e. The fraction of sp³-hybridized carbons (Fsp3) is 0.471. The molecule has 0 fully saturated rings. The SMILES string of the molecule is CCCCC1=C(c2cccc(OCC)c2)/C(=N/O)CC1. The highest BCUT2D eigenvalue weighted by Crippen LogP contribution is 2.35. The Bertz CT molecular complexity index is 517. The van der Waals surface area contributed by atoms with Crippen molar-refractivity contribution in [1.29, 1.82) is 0 Å². The zero-order valence-corrected chi connectivity index (χ0v) is 12.4. The van der Waals surface area contributed by atoms with E-state index in [1.54, 1.807) is 0 Å². The van der Waals surface area contributed by atoms with E-state index in [9.17, 15) is 5.21 Å². The zero-order chi connectivity index (χ0) is 14.4. The van der Waals surface area contributed by atoms with Gasteiger partial charge in [0.05, 0.1) is 12.3 Å². The van der Waals surface area contributed by atoms with Gasteiger partial charge >= 0.3 is 0 Å². The minimum absolute atomic E-state index is 0.659. The van der Waals surface area contributed by atoms with Crippen molar-refractivity contribution in [3.8, 4) is 5.75 Å². The van der Waals surface area contributed by atoms with Crippen molar-refractivity contribution >= 4 is 11.3 Å². The average Bonchev–Trinajstić information content (AvgIpc) is 2.88. The molecular formula is C17H23NO2. The van der Waals surface area contributed by atoms with Crippen LogP contribution in [-0.2, 0) is 0 Å². The normalized spacial score (nSPS) is 17.0. The molecule has 0 aliphatic heterocycles. The number of hydrogen-bond acceptors (Lipinski definition) is 3. The Kier molecular flexibility index (Phi) is 5.22. The molecule has 0 heterocycles. The second kappa shape index (κ2) is 7.13. The number of oxime groups is 1. The lowest BCUT2D eigenvalue weighted by molar-refractivity contribution is 0.319. The Balaban J connectivity index is 2.36. The molecule has 0 amide bonds. The molecule has 0 atom stereocenters. The van der Waals surface area contributed by atoms with Gasteiger partial charge in [0.25, 0.3) is 0 Å². The van der Waals surface area contributed by atoms with Crippen molar-refractivity contribution in [3.63, 3.8) is 0 Å². The van der Waals surface area contributed by atoms with Crippen LogP contribution in [0.5, 0.6) is 5.75 Å². The first-order chi connectivity index (χ1) is 9.80. The molecule has 1 N–H and O–H groups in total. The van der Waals surface area contributed by atoms with Crippen LogP contribution < -0.4 is 4.74 Å². The summed E-state index contributed by atoms with van der Waals surface area (Å²) < 4.78 is 5.57. The van der Waals surface area contributed by atoms with Crippen molar-refractivity contribution in [2.75, 3.05) is 6.61 Å². The zero-order valence-electron chi connectivity index (χ0n) is 12.4. The monoisotopic (exact) mass is 273 g/mol. The summed E-state index contributed by atoms with van der Waals surface area (Å²) in [7, 11) is 0. The highest BCUT2D eigenvalue weighted by Gasteiger charge is 2.23. The molecule has 1 aliphatic rings. The number of nitrogens with zero attached hydrogens (tertiary/aromatic N) is 1. The van der Waals surface area contributed by atoms with E-state index in [1.807, 2.05) is 25.1 Å². The molecule has 0 bridgehead atoms. The van der Waals surface area contributed by atoms with E-state index in [4.69, 9.17) is 4.74 Å². The quantitative estimate of drug-likeness (QED) is 0.605. The van der Waals surface area contributed by atoms with Crippen molar-refractivity contribution in [2.45, 2.75) is 46.0 Å². The Labute approximate surface area is 121 Å². The summed E-state index contributed by atoms with van der Waals surface area (Å²) in [4.78, 5) is 0. The van der Waals surface area contributed by atoms with Gasteiger partial charge in [0, 0.05) is 5.57 Å². The van der Waals surface area contributed by atoms with E-state index in [2.05, 4.69) is 18.1 Å². The molecular weight excluding hydrogens is 250 g/mol. The molecule has 2 rings (SSSR count). The summed E-state index contributed by atoms with van der Waals surface area (Å²) >= 11 is 0. The lowest BCUT2D eigenvalue weighted by atomic mass is 9.98. The summed E-state index contributed by atoms with van der Waals surface area (Å²) in [6.45, 7) is 4.84. The van der Waals surface area contributed by atoms with Gasteiger partial charge in [-0.05, 0) is 50.3 Å². The third kappa shape index (κ3) is 3.21. The van der Waals surface area contributed by atoms with Crippen LogP contribution in [0.15, 0.2) is 35.0 Å². The molecule has 3 nitrogen and oxygen atoms in total. The molecule has 108 valence electrons. The lowest BCUT2D eigenvalue weighted by Crippen LogP contribution is -1.99. The van der Waals surface area contributed by atoms with Gasteiger partial charge in [-0.25, -0.2) is 0 Å². The molecule has 0 saturated carbocycles. The molecule has 1 aromatic rings. The number of hydrogen-bond donors (Lipinski definition) is 1. The van der Waals surface area contributed by atoms with Crippen LogP contribution in [0.4, 0.5) is 0 Å². The van der Waals surface area contributed by atoms with Gasteiger partial charge in [0.1, 0.15) is 5.75 Å². The lowest BCUT2D eigenvalue weighted by Gasteiger charge is -2.10. The largest absolute Gasteiger partial charge is 0.494 e. The maximum absolute atomic E-state index is 9.24. The van der Waals surface area contributed by atoms with Crippen LogP contribution in [0.2, 0.25) is 0 Å². The first-order valence-electron chi connectivity index (χ1n) is 7.46. The Morgan fingerprint density at radius 1 is 1.25 bits per heavy atom. The van der Waals surface area contributed by atoms with Gasteiger partial charge in [0.15, 0.2) is 0 Å². The molecule has 0 radical (unpaired) electrons. The van der Waals surface area contributed by atoms with E-state index in [0.717, 1.165) is 41.9 Å². The molecule has 0 unspecified atom stereocenters. The summed E-state index contributed by atoms with van der Waals surface area (Å²) in [5.74, 6) is 0.872. The van der Waals surface area contributed by atoms with Gasteiger partial charge < -0.3 is 9.94 Å². The standard InChI is InChI=1S/C17H23NO2/c1-3-5-7-13-10-11-16(18-19)17(13)14-8-6-9-15(12-14)20-4-2/h6,8-9,12,19H,3-5,7,10-11H2,1-2H3/b18-16+. The number of benzene rings is 1. The van der Waals surface area contributed by atoms with Gasteiger partial charge in [-0.1, -0.05) is 36.2 Å². The average molecular weight is 273 g/mol. The molecule has 1 aromatic carbocycles. The number of rotatable bonds is 6. The van der Waals surface area contributed by atoms with E-state index < -0.39 is 0 Å². The van der Waals surface area contributed by atoms with E-state index in [1.165, 1.54) is 18.4 Å². The topological polar surface area (TPSA) is 41.8 Å². The van der Waals surface area contributed by atoms with E-state index in [-0.39, 0.29) is 0 Å². The highest BCUT2D eigenvalue weighted by molar-refractivity contribution is 6.26. The third-order valence-electron chi connectivity index (χ3n) is 3.69. The Hall–Kier alpha value is -1.77. The predicted octanol–water partition coefficient (Wildman–Crippen LogP) is 4.65. The van der Waals surface area contributed by atoms with Gasteiger partial charge in [-0.15, -0.1) is 0 Å². The minimum atomic E-state index is 0.659. The summed E-state index contributed by atoms with van der Waals surface area (Å²) in [6.07, 6.45) is 5.30. The first-order valence-corrected chi connectivity index (χ1v) is 7.46. The fourth-order valence-electron chi connectivity index (χ4n) is 2.74. The van der Waals surface area contributed by atoms with Crippen LogP contribution in [0.3, 0.4) is 0 Å². The first kappa shape index (κ1) is 14.6. The Morgan fingerprint density at radius 3 is 2.80 bits per heavy atom. The van der Waals surface area contributed by atoms with Gasteiger partial charge in [-0.2, -0.15) is 0 Å². The summed E-state index contributed by atoms with van der Waals surface area (Å²) in [5, 5.41) is 12.7. The predicted molar refractivity (Wildman–Crippen MR) is 82.5 cm³/mol. The second-order valence-corrected chi connectivity index (χ2v) is 5.09. The number of unbranched alkanes of at least 4 members (excludes halogenated alkanes) is 1. The van der Waals surface area contributed by atoms with Gasteiger partial charge in [0.2, 0.25) is 0 Å². The van der Waals surface area contributed by atoms with Crippen LogP contribution >= 0.6 is 0 Å². The van der Waals surface area contributed by atoms with Crippen LogP contribution in [-0.4, -0.2) is 17.5 Å². The molecule has 1 aliphatic carbocycles. The van der Waals surface area contributed by atoms with E-state index in [0.29, 0.717) is 6.61 Å². The molecule has 0 spiro atoms. The van der Waals surface area contributed by atoms with Crippen molar-refractivity contribution in [1.82, 2.24) is 0 Å². The summed E-state index contributed by atoms with van der Waals surface area (Å²) in [5.41, 5.74) is 4.45. The van der Waals surface area contributed by atoms with Crippen LogP contribution in [0, 0.1) is 0 Å². The van der Waals surface area contributed by atoms with Crippen LogP contribution in [0.25, 0.3) is 5.57 Å². The number of allylic oxidation sites excluding steroid dienone is 2. The maximum atomic E-state index is 9.24. The molecule has 0 aromatic heterocycles. The van der Waals surface area contributed by atoms with Gasteiger partial charge in [-0.3, -0.25) is 0 Å². The molecule has 3 heteroatoms. The highest BCUT2D eigenvalue weighted by atomic mass is 16.5.